The molecule has 1 atom stereocenters. The first-order valence-electron chi connectivity index (χ1n) is 30.6. The predicted molar refractivity (Wildman–Crippen MR) is 311 cm³/mol. The number of carbonyl (C=O) groups excluding carboxylic acids is 3. The van der Waals surface area contributed by atoms with E-state index in [0.717, 1.165) is 103 Å². The smallest absolute Gasteiger partial charge is 0.306 e. The Hall–Kier alpha value is -3.41. The van der Waals surface area contributed by atoms with E-state index in [1.54, 1.807) is 0 Å². The Kier molecular flexibility index (Phi) is 57.3. The van der Waals surface area contributed by atoms with Gasteiger partial charge in [-0.05, 0) is 122 Å². The zero-order chi connectivity index (χ0) is 52.2. The fraction of sp³-hybridized carbons (Fsp3) is 0.742. The molecule has 72 heavy (non-hydrogen) atoms. The van der Waals surface area contributed by atoms with Crippen LogP contribution in [-0.2, 0) is 28.6 Å². The first-order valence-corrected chi connectivity index (χ1v) is 30.6. The van der Waals surface area contributed by atoms with Gasteiger partial charge in [-0.1, -0.05) is 241 Å². The molecule has 414 valence electrons. The Balaban J connectivity index is 4.44. The largest absolute Gasteiger partial charge is 0.462 e. The van der Waals surface area contributed by atoms with Crippen molar-refractivity contribution >= 4 is 17.9 Å². The van der Waals surface area contributed by atoms with E-state index in [2.05, 4.69) is 106 Å². The molecule has 1 unspecified atom stereocenters. The van der Waals surface area contributed by atoms with Gasteiger partial charge < -0.3 is 14.2 Å². The Morgan fingerprint density at radius 2 is 0.500 bits per heavy atom. The van der Waals surface area contributed by atoms with Gasteiger partial charge in [-0.25, -0.2) is 0 Å². The molecular weight excluding hydrogens is 889 g/mol. The topological polar surface area (TPSA) is 78.9 Å². The number of hydrogen-bond donors (Lipinski definition) is 0. The third-order valence-corrected chi connectivity index (χ3v) is 13.1. The Morgan fingerprint density at radius 3 is 0.806 bits per heavy atom. The van der Waals surface area contributed by atoms with Crippen LogP contribution >= 0.6 is 0 Å². The molecule has 0 saturated heterocycles. The van der Waals surface area contributed by atoms with E-state index in [4.69, 9.17) is 14.2 Å². The highest BCUT2D eigenvalue weighted by molar-refractivity contribution is 5.71. The van der Waals surface area contributed by atoms with Gasteiger partial charge in [0.05, 0.1) is 0 Å². The quantitative estimate of drug-likeness (QED) is 0.0261. The maximum atomic E-state index is 12.9. The van der Waals surface area contributed by atoms with Gasteiger partial charge >= 0.3 is 17.9 Å². The standard InChI is InChI=1S/C66H114O6/c1-4-7-10-13-16-19-22-25-28-31-33-36-38-41-44-47-50-53-56-59-65(68)71-62-63(61-70-64(67)58-55-52-49-46-43-40-37-34-30-27-24-21-18-15-12-9-6-3)72-66(69)60-57-54-51-48-45-42-39-35-32-29-26-23-20-17-14-11-8-5-2/h16,18-21,23,25,27-30,32-33,36,63H,4-15,17,22,24,26,31,34-35,37-62H2,1-3H3/b19-16-,21-18-,23-20-,28-25-,30-27-,32-29-,36-33-. The molecule has 0 aromatic heterocycles. The van der Waals surface area contributed by atoms with Crippen molar-refractivity contribution in [2.24, 2.45) is 0 Å². The highest BCUT2D eigenvalue weighted by Gasteiger charge is 2.19. The summed E-state index contributed by atoms with van der Waals surface area (Å²) >= 11 is 0. The number of ether oxygens (including phenoxy) is 3. The van der Waals surface area contributed by atoms with E-state index in [1.807, 2.05) is 0 Å². The summed E-state index contributed by atoms with van der Waals surface area (Å²) in [6.45, 7) is 6.57. The van der Waals surface area contributed by atoms with Gasteiger partial charge in [0, 0.05) is 19.3 Å². The lowest BCUT2D eigenvalue weighted by atomic mass is 10.1. The molecule has 0 aromatic carbocycles. The van der Waals surface area contributed by atoms with E-state index < -0.39 is 6.10 Å². The number of esters is 3. The van der Waals surface area contributed by atoms with Crippen molar-refractivity contribution in [2.75, 3.05) is 13.2 Å². The molecular formula is C66H114O6. The second-order valence-corrected chi connectivity index (χ2v) is 20.2. The van der Waals surface area contributed by atoms with Crippen LogP contribution < -0.4 is 0 Å². The third-order valence-electron chi connectivity index (χ3n) is 13.1. The molecule has 6 heteroatoms. The molecule has 0 amide bonds. The number of rotatable bonds is 55. The Labute approximate surface area is 445 Å². The summed E-state index contributed by atoms with van der Waals surface area (Å²) in [5.74, 6) is -0.907. The highest BCUT2D eigenvalue weighted by atomic mass is 16.6. The average molecular weight is 1000 g/mol. The number of carbonyl (C=O) groups is 3. The fourth-order valence-electron chi connectivity index (χ4n) is 8.45. The summed E-state index contributed by atoms with van der Waals surface area (Å²) < 4.78 is 16.9. The summed E-state index contributed by atoms with van der Waals surface area (Å²) in [5, 5.41) is 0. The second kappa shape index (κ2) is 60.1. The Bertz CT molecular complexity index is 1380. The van der Waals surface area contributed by atoms with Crippen molar-refractivity contribution in [1.82, 2.24) is 0 Å². The van der Waals surface area contributed by atoms with Crippen LogP contribution in [0.3, 0.4) is 0 Å². The van der Waals surface area contributed by atoms with Crippen molar-refractivity contribution in [1.29, 1.82) is 0 Å². The summed E-state index contributed by atoms with van der Waals surface area (Å²) in [6, 6.07) is 0. The summed E-state index contributed by atoms with van der Waals surface area (Å²) in [6.07, 6.45) is 78.5. The molecule has 0 aliphatic carbocycles. The zero-order valence-corrected chi connectivity index (χ0v) is 47.4. The lowest BCUT2D eigenvalue weighted by molar-refractivity contribution is -0.167. The molecule has 0 aromatic rings. The van der Waals surface area contributed by atoms with E-state index >= 15 is 0 Å². The minimum Gasteiger partial charge on any atom is -0.462 e. The van der Waals surface area contributed by atoms with Crippen molar-refractivity contribution in [3.8, 4) is 0 Å². The molecule has 6 nitrogen and oxygen atoms in total. The minimum absolute atomic E-state index is 0.0880. The van der Waals surface area contributed by atoms with Crippen LogP contribution in [0.2, 0.25) is 0 Å². The lowest BCUT2D eigenvalue weighted by Crippen LogP contribution is -2.30. The molecule has 0 heterocycles. The molecule has 0 N–H and O–H groups in total. The predicted octanol–water partition coefficient (Wildman–Crippen LogP) is 20.7. The number of allylic oxidation sites excluding steroid dienone is 14. The minimum atomic E-state index is -0.791. The van der Waals surface area contributed by atoms with Crippen LogP contribution in [0.4, 0.5) is 0 Å². The number of unbranched alkanes of at least 4 members (excludes halogenated alkanes) is 30. The van der Waals surface area contributed by atoms with E-state index in [-0.39, 0.29) is 31.1 Å². The summed E-state index contributed by atoms with van der Waals surface area (Å²) in [5.41, 5.74) is 0. The molecule has 0 bridgehead atoms. The molecule has 0 saturated carbocycles. The van der Waals surface area contributed by atoms with Crippen LogP contribution in [0.5, 0.6) is 0 Å². The lowest BCUT2D eigenvalue weighted by Gasteiger charge is -2.18. The fourth-order valence-corrected chi connectivity index (χ4v) is 8.45. The summed E-state index contributed by atoms with van der Waals surface area (Å²) in [4.78, 5) is 38.3. The van der Waals surface area contributed by atoms with Crippen molar-refractivity contribution in [2.45, 2.75) is 303 Å². The van der Waals surface area contributed by atoms with E-state index in [1.165, 1.54) is 154 Å². The van der Waals surface area contributed by atoms with Crippen LogP contribution in [-0.4, -0.2) is 37.2 Å². The maximum absolute atomic E-state index is 12.9. The van der Waals surface area contributed by atoms with Gasteiger partial charge in [0.1, 0.15) is 13.2 Å². The zero-order valence-electron chi connectivity index (χ0n) is 47.4. The van der Waals surface area contributed by atoms with Crippen molar-refractivity contribution in [3.05, 3.63) is 85.1 Å². The number of hydrogen-bond acceptors (Lipinski definition) is 6. The van der Waals surface area contributed by atoms with Gasteiger partial charge in [0.25, 0.3) is 0 Å². The second-order valence-electron chi connectivity index (χ2n) is 20.2. The SMILES string of the molecule is CCCCC/C=C\C/C=C\C/C=C\CCCCCCCCC(=O)OCC(COC(=O)CCCCCCCCC/C=C\C/C=C\CCCCC)OC(=O)CCCCCCCCC/C=C\C/C=C\CCCCCC. The molecule has 0 spiro atoms. The Morgan fingerprint density at radius 1 is 0.278 bits per heavy atom. The molecule has 0 aliphatic rings. The van der Waals surface area contributed by atoms with Gasteiger partial charge in [-0.15, -0.1) is 0 Å². The van der Waals surface area contributed by atoms with E-state index in [0.29, 0.717) is 19.3 Å². The van der Waals surface area contributed by atoms with Crippen LogP contribution in [0.1, 0.15) is 297 Å². The molecule has 0 aliphatic heterocycles. The van der Waals surface area contributed by atoms with E-state index in [9.17, 15) is 14.4 Å². The monoisotopic (exact) mass is 1000 g/mol. The molecule has 0 fully saturated rings. The highest BCUT2D eigenvalue weighted by Crippen LogP contribution is 2.15. The average Bonchev–Trinajstić information content (AvgIpc) is 3.38. The maximum Gasteiger partial charge on any atom is 0.306 e. The van der Waals surface area contributed by atoms with Crippen LogP contribution in [0.15, 0.2) is 85.1 Å². The van der Waals surface area contributed by atoms with Crippen molar-refractivity contribution < 1.29 is 28.6 Å². The van der Waals surface area contributed by atoms with Gasteiger partial charge in [-0.2, -0.15) is 0 Å². The van der Waals surface area contributed by atoms with Crippen LogP contribution in [0.25, 0.3) is 0 Å². The third kappa shape index (κ3) is 57.5. The molecule has 0 rings (SSSR count). The molecule has 0 radical (unpaired) electrons. The first kappa shape index (κ1) is 68.6. The van der Waals surface area contributed by atoms with Gasteiger partial charge in [0.2, 0.25) is 0 Å². The van der Waals surface area contributed by atoms with Crippen LogP contribution in [0, 0.1) is 0 Å². The van der Waals surface area contributed by atoms with Crippen molar-refractivity contribution in [3.63, 3.8) is 0 Å². The van der Waals surface area contributed by atoms with Gasteiger partial charge in [0.15, 0.2) is 6.10 Å². The summed E-state index contributed by atoms with van der Waals surface area (Å²) in [7, 11) is 0. The van der Waals surface area contributed by atoms with Gasteiger partial charge in [-0.3, -0.25) is 14.4 Å². The first-order chi connectivity index (χ1) is 35.5. The normalized spacial score (nSPS) is 12.7.